The van der Waals surface area contributed by atoms with E-state index >= 15 is 0 Å². The van der Waals surface area contributed by atoms with E-state index in [9.17, 15) is 0 Å². The molecule has 25 heavy (non-hydrogen) atoms. The predicted molar refractivity (Wildman–Crippen MR) is 99.3 cm³/mol. The Labute approximate surface area is 147 Å². The summed E-state index contributed by atoms with van der Waals surface area (Å²) in [6.07, 6.45) is 3.13. The van der Waals surface area contributed by atoms with Gasteiger partial charge in [0.25, 0.3) is 0 Å². The highest BCUT2D eigenvalue weighted by Crippen LogP contribution is 2.40. The largest absolute Gasteiger partial charge is 0.496 e. The first-order chi connectivity index (χ1) is 12.2. The normalized spacial score (nSPS) is 21.2. The number of nitrogens with one attached hydrogen (secondary N) is 2. The van der Waals surface area contributed by atoms with Crippen LogP contribution in [0.3, 0.4) is 0 Å². The summed E-state index contributed by atoms with van der Waals surface area (Å²) in [6, 6.07) is 11.8. The fourth-order valence-corrected chi connectivity index (χ4v) is 4.25. The van der Waals surface area contributed by atoms with Gasteiger partial charge in [-0.05, 0) is 54.8 Å². The third-order valence-electron chi connectivity index (χ3n) is 5.50. The second-order valence-electron chi connectivity index (χ2n) is 7.08. The van der Waals surface area contributed by atoms with Crippen LogP contribution in [-0.2, 0) is 6.54 Å². The Hall–Kier alpha value is -2.53. The molecule has 1 aromatic heterocycles. The van der Waals surface area contributed by atoms with Crippen molar-refractivity contribution in [1.82, 2.24) is 14.9 Å². The lowest BCUT2D eigenvalue weighted by atomic mass is 10.0. The summed E-state index contributed by atoms with van der Waals surface area (Å²) < 4.78 is 7.58. The number of methoxy groups -OCH3 is 1. The second kappa shape index (κ2) is 5.49. The topological polar surface area (TPSA) is 51.1 Å². The Morgan fingerprint density at radius 1 is 1.28 bits per heavy atom. The van der Waals surface area contributed by atoms with Crippen LogP contribution in [0.4, 0.5) is 5.69 Å². The number of fused-ring (bicyclic) bond motifs is 4. The van der Waals surface area contributed by atoms with Crippen LogP contribution in [0.15, 0.2) is 36.7 Å². The van der Waals surface area contributed by atoms with Crippen molar-refractivity contribution in [3.8, 4) is 5.75 Å². The van der Waals surface area contributed by atoms with Crippen LogP contribution >= 0.6 is 0 Å². The molecule has 2 aliphatic heterocycles. The lowest BCUT2D eigenvalue weighted by molar-refractivity contribution is 0.411. The first-order valence-electron chi connectivity index (χ1n) is 8.85. The first kappa shape index (κ1) is 14.8. The summed E-state index contributed by atoms with van der Waals surface area (Å²) in [7, 11) is 1.71. The summed E-state index contributed by atoms with van der Waals surface area (Å²) in [5, 5.41) is 7.27. The lowest BCUT2D eigenvalue weighted by Gasteiger charge is -2.10. The maximum absolute atomic E-state index is 5.36. The fourth-order valence-electron chi connectivity index (χ4n) is 4.25. The summed E-state index contributed by atoms with van der Waals surface area (Å²) in [5.74, 6) is 0.931. The molecule has 0 aliphatic carbocycles. The molecule has 5 rings (SSSR count). The average molecular weight is 334 g/mol. The Morgan fingerprint density at radius 2 is 2.20 bits per heavy atom. The smallest absolute Gasteiger partial charge is 0.121 e. The minimum Gasteiger partial charge on any atom is -0.496 e. The molecule has 128 valence electrons. The van der Waals surface area contributed by atoms with E-state index in [-0.39, 0.29) is 0 Å². The van der Waals surface area contributed by atoms with Crippen LogP contribution in [0.2, 0.25) is 0 Å². The molecule has 3 aromatic rings. The molecule has 1 fully saturated rings. The third kappa shape index (κ3) is 2.30. The predicted octanol–water partition coefficient (Wildman–Crippen LogP) is 3.23. The summed E-state index contributed by atoms with van der Waals surface area (Å²) in [4.78, 5) is 4.65. The number of anilines is 1. The van der Waals surface area contributed by atoms with Crippen molar-refractivity contribution < 1.29 is 4.74 Å². The van der Waals surface area contributed by atoms with Crippen molar-refractivity contribution in [1.29, 1.82) is 0 Å². The minimum atomic E-state index is 0.439. The number of nitrogens with zero attached hydrogens (tertiary/aromatic N) is 2. The molecule has 0 saturated carbocycles. The maximum atomic E-state index is 5.36. The standard InChI is InChI=1S/C20H22N4O/c1-12-7-13(3-4-19(12)25-2)10-24-11-22-17-8-14-16(9-18(17)24)23-15-5-6-21-20(14)15/h3-4,7-9,11,15,20-21,23H,5-6,10H2,1-2H3/t15-,20-/m1/s1. The van der Waals surface area contributed by atoms with Crippen LogP contribution in [0.25, 0.3) is 11.0 Å². The maximum Gasteiger partial charge on any atom is 0.121 e. The Balaban J connectivity index is 1.51. The van der Waals surface area contributed by atoms with Gasteiger partial charge in [0.05, 0.1) is 30.5 Å². The molecule has 3 heterocycles. The van der Waals surface area contributed by atoms with Crippen molar-refractivity contribution >= 4 is 16.7 Å². The van der Waals surface area contributed by atoms with Gasteiger partial charge in [-0.2, -0.15) is 0 Å². The van der Waals surface area contributed by atoms with Crippen molar-refractivity contribution in [2.75, 3.05) is 19.0 Å². The van der Waals surface area contributed by atoms with Gasteiger partial charge >= 0.3 is 0 Å². The SMILES string of the molecule is COc1ccc(Cn2cnc3cc4c(cc32)N[C@@H]2CCN[C@H]42)cc1C. The minimum absolute atomic E-state index is 0.439. The van der Waals surface area contributed by atoms with Gasteiger partial charge in [0.15, 0.2) is 0 Å². The number of benzene rings is 2. The van der Waals surface area contributed by atoms with Gasteiger partial charge in [-0.25, -0.2) is 4.98 Å². The quantitative estimate of drug-likeness (QED) is 0.772. The van der Waals surface area contributed by atoms with Gasteiger partial charge in [-0.15, -0.1) is 0 Å². The number of ether oxygens (including phenoxy) is 1. The van der Waals surface area contributed by atoms with Crippen molar-refractivity contribution in [3.63, 3.8) is 0 Å². The number of hydrogen-bond acceptors (Lipinski definition) is 4. The average Bonchev–Trinajstić information content (AvgIpc) is 3.28. The van der Waals surface area contributed by atoms with Crippen molar-refractivity contribution in [3.05, 3.63) is 53.3 Å². The van der Waals surface area contributed by atoms with Crippen molar-refractivity contribution in [2.45, 2.75) is 32.0 Å². The summed E-state index contributed by atoms with van der Waals surface area (Å²) in [6.45, 7) is 3.98. The second-order valence-corrected chi connectivity index (χ2v) is 7.08. The molecule has 2 aromatic carbocycles. The molecule has 1 saturated heterocycles. The van der Waals surface area contributed by atoms with Crippen molar-refractivity contribution in [2.24, 2.45) is 0 Å². The Bertz CT molecular complexity index is 962. The van der Waals surface area contributed by atoms with Crippen LogP contribution in [0.1, 0.15) is 29.2 Å². The number of aromatic nitrogens is 2. The van der Waals surface area contributed by atoms with E-state index in [1.807, 2.05) is 12.4 Å². The van der Waals surface area contributed by atoms with Gasteiger partial charge < -0.3 is 19.9 Å². The van der Waals surface area contributed by atoms with E-state index in [2.05, 4.69) is 51.4 Å². The van der Waals surface area contributed by atoms with Gasteiger partial charge in [-0.3, -0.25) is 0 Å². The third-order valence-corrected chi connectivity index (χ3v) is 5.50. The monoisotopic (exact) mass is 334 g/mol. The van der Waals surface area contributed by atoms with Crippen LogP contribution in [-0.4, -0.2) is 29.2 Å². The molecule has 0 amide bonds. The molecular weight excluding hydrogens is 312 g/mol. The fraction of sp³-hybridized carbons (Fsp3) is 0.350. The molecule has 0 spiro atoms. The van der Waals surface area contributed by atoms with E-state index in [4.69, 9.17) is 4.74 Å². The highest BCUT2D eigenvalue weighted by atomic mass is 16.5. The van der Waals surface area contributed by atoms with Crippen LogP contribution in [0, 0.1) is 6.92 Å². The molecular formula is C20H22N4O. The Kier molecular flexibility index (Phi) is 3.25. The summed E-state index contributed by atoms with van der Waals surface area (Å²) in [5.41, 5.74) is 7.28. The van der Waals surface area contributed by atoms with Gasteiger partial charge in [0.1, 0.15) is 5.75 Å². The van der Waals surface area contributed by atoms with Crippen LogP contribution in [0.5, 0.6) is 5.75 Å². The highest BCUT2D eigenvalue weighted by molar-refractivity contribution is 5.83. The van der Waals surface area contributed by atoms with E-state index in [0.29, 0.717) is 12.1 Å². The molecule has 5 nitrogen and oxygen atoms in total. The number of imidazole rings is 1. The molecule has 0 radical (unpaired) electrons. The first-order valence-corrected chi connectivity index (χ1v) is 8.85. The van der Waals surface area contributed by atoms with E-state index in [1.54, 1.807) is 7.11 Å². The van der Waals surface area contributed by atoms with E-state index < -0.39 is 0 Å². The highest BCUT2D eigenvalue weighted by Gasteiger charge is 2.36. The number of rotatable bonds is 3. The number of aryl methyl sites for hydroxylation is 1. The molecule has 5 heteroatoms. The summed E-state index contributed by atoms with van der Waals surface area (Å²) >= 11 is 0. The molecule has 2 N–H and O–H groups in total. The van der Waals surface area contributed by atoms with E-state index in [1.165, 1.54) is 28.8 Å². The molecule has 2 atom stereocenters. The Morgan fingerprint density at radius 3 is 3.04 bits per heavy atom. The molecule has 0 bridgehead atoms. The zero-order valence-electron chi connectivity index (χ0n) is 14.5. The van der Waals surface area contributed by atoms with Gasteiger partial charge in [-0.1, -0.05) is 12.1 Å². The molecule has 2 aliphatic rings. The lowest BCUT2D eigenvalue weighted by Crippen LogP contribution is -2.19. The zero-order chi connectivity index (χ0) is 17.0. The van der Waals surface area contributed by atoms with Crippen LogP contribution < -0.4 is 15.4 Å². The van der Waals surface area contributed by atoms with Gasteiger partial charge in [0, 0.05) is 18.3 Å². The molecule has 0 unspecified atom stereocenters. The number of hydrogen-bond donors (Lipinski definition) is 2. The van der Waals surface area contributed by atoms with Gasteiger partial charge in [0.2, 0.25) is 0 Å². The zero-order valence-corrected chi connectivity index (χ0v) is 14.5. The van der Waals surface area contributed by atoms with E-state index in [0.717, 1.165) is 29.9 Å².